The molecule has 3 rings (SSSR count). The first-order valence-electron chi connectivity index (χ1n) is 14.8. The Labute approximate surface area is 264 Å². The smallest absolute Gasteiger partial charge is 0.217 e. The van der Waals surface area contributed by atoms with E-state index in [0.29, 0.717) is 0 Å². The maximum absolute atomic E-state index is 12.4. The molecule has 3 aliphatic heterocycles. The summed E-state index contributed by atoms with van der Waals surface area (Å²) >= 11 is 0. The summed E-state index contributed by atoms with van der Waals surface area (Å²) in [5.74, 6) is -3.86. The molecular weight excluding hydrogens is 620 g/mol. The molecule has 16 atom stereocenters. The van der Waals surface area contributed by atoms with Crippen LogP contribution in [0, 0.1) is 0 Å². The lowest BCUT2D eigenvalue weighted by Gasteiger charge is -2.49. The van der Waals surface area contributed by atoms with E-state index in [4.69, 9.17) is 40.9 Å². The molecule has 3 heterocycles. The van der Waals surface area contributed by atoms with Gasteiger partial charge in [0.15, 0.2) is 24.3 Å². The monoisotopic (exact) mass is 668 g/mol. The number of nitrogens with two attached hydrogens (primary N) is 3. The molecule has 0 radical (unpaired) electrons. The first kappa shape index (κ1) is 38.1. The Balaban J connectivity index is 1.97. The van der Waals surface area contributed by atoms with E-state index in [1.807, 2.05) is 0 Å². The number of guanidine groups is 1. The first-order valence-corrected chi connectivity index (χ1v) is 14.8. The van der Waals surface area contributed by atoms with E-state index in [1.54, 1.807) is 0 Å². The van der Waals surface area contributed by atoms with Crippen molar-refractivity contribution in [2.75, 3.05) is 13.2 Å². The van der Waals surface area contributed by atoms with Gasteiger partial charge in [0, 0.05) is 20.3 Å². The van der Waals surface area contributed by atoms with Gasteiger partial charge in [0.25, 0.3) is 0 Å². The minimum atomic E-state index is -2.19. The molecule has 2 amide bonds. The predicted molar refractivity (Wildman–Crippen MR) is 154 cm³/mol. The SMILES string of the molecule is CC(=O)N[C@H]([C@H]1OC(O)(CO)C[C@@H](O)[C@@H]1N)[C@@H](C)O[C@H]1O[C@H](CO)[C@@H](O)[C@H](O[C@@H]2O[C@@H](C)[C@@H](O)[C@@H](O)[C@@H]2N=C(N)N)[C@H]1NC(C)=O. The number of amides is 2. The Morgan fingerprint density at radius 2 is 1.70 bits per heavy atom. The average Bonchev–Trinajstić information content (AvgIpc) is 2.97. The van der Waals surface area contributed by atoms with Crippen molar-refractivity contribution < 1.29 is 69.0 Å². The van der Waals surface area contributed by atoms with E-state index in [0.717, 1.165) is 6.92 Å². The number of aliphatic imine (C=N–C) groups is 1. The van der Waals surface area contributed by atoms with Gasteiger partial charge in [-0.3, -0.25) is 9.59 Å². The van der Waals surface area contributed by atoms with E-state index in [-0.39, 0.29) is 0 Å². The summed E-state index contributed by atoms with van der Waals surface area (Å²) < 4.78 is 29.4. The number of carbonyl (C=O) groups is 2. The number of hydrogen-bond donors (Lipinski definition) is 12. The van der Waals surface area contributed by atoms with Crippen LogP contribution in [-0.4, -0.2) is 164 Å². The molecule has 0 aromatic rings. The van der Waals surface area contributed by atoms with Crippen LogP contribution in [0.2, 0.25) is 0 Å². The zero-order chi connectivity index (χ0) is 34.7. The average molecular weight is 669 g/mol. The zero-order valence-corrected chi connectivity index (χ0v) is 25.9. The van der Waals surface area contributed by atoms with Crippen LogP contribution in [-0.2, 0) is 33.3 Å². The summed E-state index contributed by atoms with van der Waals surface area (Å²) in [5, 5.41) is 78.3. The van der Waals surface area contributed by atoms with E-state index < -0.39 is 135 Å². The van der Waals surface area contributed by atoms with Crippen LogP contribution in [0.4, 0.5) is 0 Å². The Kier molecular flexibility index (Phi) is 13.0. The number of nitrogens with zero attached hydrogens (tertiary/aromatic N) is 1. The molecule has 15 N–H and O–H groups in total. The van der Waals surface area contributed by atoms with Crippen molar-refractivity contribution in [1.82, 2.24) is 10.6 Å². The van der Waals surface area contributed by atoms with E-state index in [9.17, 15) is 45.3 Å². The standard InChI is InChI=1S/C26H48N6O14/c1-8(15(30-10(3)35)21-14(27)12(37)5-26(41,7-34)46-21)42-24-17(31-11(4)36)22(19(39)13(6-33)44-24)45-23-16(32-25(28)29)20(40)18(38)9(2)43-23/h8-9,12-24,33-34,37-41H,5-7,27H2,1-4H3,(H,30,35)(H,31,36)(H4,28,29,32)/t8-,9+,12-,13-,14+,15+,16+,17-,18-,19-,20+,21+,22-,23+,24+,26?/m1/s1. The normalized spacial score (nSPS) is 42.8. The molecule has 0 aromatic heterocycles. The Bertz CT molecular complexity index is 1070. The second kappa shape index (κ2) is 15.7. The van der Waals surface area contributed by atoms with Crippen LogP contribution in [0.25, 0.3) is 0 Å². The quantitative estimate of drug-likeness (QED) is 0.0718. The molecule has 0 bridgehead atoms. The van der Waals surface area contributed by atoms with Crippen molar-refractivity contribution in [2.24, 2.45) is 22.2 Å². The Morgan fingerprint density at radius 1 is 1.04 bits per heavy atom. The van der Waals surface area contributed by atoms with E-state index >= 15 is 0 Å². The highest BCUT2D eigenvalue weighted by molar-refractivity contribution is 5.76. The first-order chi connectivity index (χ1) is 21.4. The van der Waals surface area contributed by atoms with Crippen LogP contribution in [0.5, 0.6) is 0 Å². The molecule has 3 saturated heterocycles. The van der Waals surface area contributed by atoms with Crippen LogP contribution in [0.3, 0.4) is 0 Å². The number of nitrogens with one attached hydrogen (secondary N) is 2. The van der Waals surface area contributed by atoms with Gasteiger partial charge >= 0.3 is 0 Å². The predicted octanol–water partition coefficient (Wildman–Crippen LogP) is -6.87. The van der Waals surface area contributed by atoms with Crippen LogP contribution in [0.1, 0.15) is 34.1 Å². The van der Waals surface area contributed by atoms with Crippen molar-refractivity contribution in [3.05, 3.63) is 0 Å². The highest BCUT2D eigenvalue weighted by Crippen LogP contribution is 2.33. The number of aliphatic hydroxyl groups excluding tert-OH is 6. The molecule has 20 nitrogen and oxygen atoms in total. The molecule has 0 saturated carbocycles. The third-order valence-electron chi connectivity index (χ3n) is 8.15. The molecule has 3 fully saturated rings. The molecule has 0 spiro atoms. The van der Waals surface area contributed by atoms with Gasteiger partial charge in [-0.1, -0.05) is 0 Å². The molecule has 3 aliphatic rings. The lowest BCUT2D eigenvalue weighted by atomic mass is 9.88. The summed E-state index contributed by atoms with van der Waals surface area (Å²) in [6.07, 6.45) is -15.8. The third kappa shape index (κ3) is 8.78. The number of ether oxygens (including phenoxy) is 5. The topological polar surface area (TPSA) is 336 Å². The summed E-state index contributed by atoms with van der Waals surface area (Å²) in [6, 6.07) is -5.12. The van der Waals surface area contributed by atoms with Crippen molar-refractivity contribution in [1.29, 1.82) is 0 Å². The number of aliphatic hydroxyl groups is 7. The van der Waals surface area contributed by atoms with Crippen LogP contribution >= 0.6 is 0 Å². The van der Waals surface area contributed by atoms with Crippen molar-refractivity contribution in [3.63, 3.8) is 0 Å². The lowest BCUT2D eigenvalue weighted by Crippen LogP contribution is -2.70. The molecule has 0 aromatic carbocycles. The van der Waals surface area contributed by atoms with Gasteiger partial charge in [-0.05, 0) is 13.8 Å². The maximum Gasteiger partial charge on any atom is 0.217 e. The Hall–Kier alpha value is -2.31. The van der Waals surface area contributed by atoms with E-state index in [1.165, 1.54) is 20.8 Å². The van der Waals surface area contributed by atoms with Crippen molar-refractivity contribution in [2.45, 2.75) is 132 Å². The minimum Gasteiger partial charge on any atom is -0.394 e. The molecule has 266 valence electrons. The van der Waals surface area contributed by atoms with Gasteiger partial charge < -0.3 is 87.3 Å². The molecule has 0 aliphatic carbocycles. The van der Waals surface area contributed by atoms with Crippen molar-refractivity contribution >= 4 is 17.8 Å². The second-order valence-corrected chi connectivity index (χ2v) is 11.9. The largest absolute Gasteiger partial charge is 0.394 e. The fourth-order valence-corrected chi connectivity index (χ4v) is 5.80. The summed E-state index contributed by atoms with van der Waals surface area (Å²) in [6.45, 7) is 3.60. The lowest BCUT2D eigenvalue weighted by molar-refractivity contribution is -0.332. The third-order valence-corrected chi connectivity index (χ3v) is 8.15. The Morgan fingerprint density at radius 3 is 2.24 bits per heavy atom. The van der Waals surface area contributed by atoms with Gasteiger partial charge in [0.1, 0.15) is 48.7 Å². The highest BCUT2D eigenvalue weighted by Gasteiger charge is 2.53. The summed E-state index contributed by atoms with van der Waals surface area (Å²) in [7, 11) is 0. The van der Waals surface area contributed by atoms with Gasteiger partial charge in [0.2, 0.25) is 11.8 Å². The fourth-order valence-electron chi connectivity index (χ4n) is 5.80. The van der Waals surface area contributed by atoms with Crippen LogP contribution in [0.15, 0.2) is 4.99 Å². The number of rotatable bonds is 11. The van der Waals surface area contributed by atoms with Gasteiger partial charge in [-0.25, -0.2) is 4.99 Å². The van der Waals surface area contributed by atoms with E-state index in [2.05, 4.69) is 15.6 Å². The van der Waals surface area contributed by atoms with Gasteiger partial charge in [-0.2, -0.15) is 0 Å². The van der Waals surface area contributed by atoms with Gasteiger partial charge in [-0.15, -0.1) is 0 Å². The fraction of sp³-hybridized carbons (Fsp3) is 0.885. The maximum atomic E-state index is 12.4. The summed E-state index contributed by atoms with van der Waals surface area (Å²) in [4.78, 5) is 28.5. The molecular formula is C26H48N6O14. The number of carbonyl (C=O) groups excluding carboxylic acids is 2. The molecule has 1 unspecified atom stereocenters. The molecule has 20 heteroatoms. The van der Waals surface area contributed by atoms with Crippen molar-refractivity contribution in [3.8, 4) is 0 Å². The summed E-state index contributed by atoms with van der Waals surface area (Å²) in [5.41, 5.74) is 17.2. The highest BCUT2D eigenvalue weighted by atomic mass is 16.7. The second-order valence-electron chi connectivity index (χ2n) is 11.9. The molecule has 46 heavy (non-hydrogen) atoms. The van der Waals surface area contributed by atoms with Crippen LogP contribution < -0.4 is 27.8 Å². The number of hydrogen-bond acceptors (Lipinski definition) is 16. The minimum absolute atomic E-state index is 0.414. The van der Waals surface area contributed by atoms with Gasteiger partial charge in [0.05, 0.1) is 43.6 Å². The zero-order valence-electron chi connectivity index (χ0n) is 25.9.